The summed E-state index contributed by atoms with van der Waals surface area (Å²) in [7, 11) is 0. The number of benzene rings is 1. The molecule has 0 unspecified atom stereocenters. The van der Waals surface area contributed by atoms with Crippen LogP contribution < -0.4 is 5.56 Å². The number of hydrogen-bond acceptors (Lipinski definition) is 4. The zero-order chi connectivity index (χ0) is 14.9. The molecule has 1 fully saturated rings. The molecule has 2 aromatic heterocycles. The zero-order valence-corrected chi connectivity index (χ0v) is 12.0. The summed E-state index contributed by atoms with van der Waals surface area (Å²) in [4.78, 5) is 12.2. The van der Waals surface area contributed by atoms with Gasteiger partial charge in [-0.25, -0.2) is 0 Å². The molecule has 2 heterocycles. The maximum Gasteiger partial charge on any atom is 0.251 e. The molecule has 1 aromatic carbocycles. The van der Waals surface area contributed by atoms with E-state index in [9.17, 15) is 4.79 Å². The molecule has 0 bridgehead atoms. The number of hydrogen-bond donors (Lipinski definition) is 0. The Balaban J connectivity index is 1.60. The van der Waals surface area contributed by atoms with Crippen molar-refractivity contribution in [1.82, 2.24) is 14.8 Å². The molecule has 1 aliphatic carbocycles. The van der Waals surface area contributed by atoms with E-state index >= 15 is 0 Å². The van der Waals surface area contributed by atoms with E-state index in [-0.39, 0.29) is 5.56 Å². The second-order valence-electron chi connectivity index (χ2n) is 5.59. The lowest BCUT2D eigenvalue weighted by molar-refractivity contribution is 0.508. The number of aromatic nitrogens is 3. The van der Waals surface area contributed by atoms with Crippen molar-refractivity contribution < 1.29 is 4.42 Å². The Morgan fingerprint density at radius 3 is 2.68 bits per heavy atom. The van der Waals surface area contributed by atoms with Gasteiger partial charge in [0.1, 0.15) is 0 Å². The summed E-state index contributed by atoms with van der Waals surface area (Å²) in [5, 5.41) is 8.09. The molecule has 3 aromatic rings. The number of nitrogens with zero attached hydrogens (tertiary/aromatic N) is 3. The highest BCUT2D eigenvalue weighted by Gasteiger charge is 2.29. The van der Waals surface area contributed by atoms with Gasteiger partial charge in [-0.15, -0.1) is 10.2 Å². The van der Waals surface area contributed by atoms with Gasteiger partial charge >= 0.3 is 0 Å². The lowest BCUT2D eigenvalue weighted by Crippen LogP contribution is -2.19. The van der Waals surface area contributed by atoms with Gasteiger partial charge in [-0.2, -0.15) is 0 Å². The molecule has 0 N–H and O–H groups in total. The van der Waals surface area contributed by atoms with Gasteiger partial charge in [0.2, 0.25) is 11.8 Å². The fourth-order valence-corrected chi connectivity index (χ4v) is 2.40. The van der Waals surface area contributed by atoms with Gasteiger partial charge in [-0.1, -0.05) is 30.3 Å². The Kier molecular flexibility index (Phi) is 3.11. The summed E-state index contributed by atoms with van der Waals surface area (Å²) in [6, 6.07) is 13.3. The van der Waals surface area contributed by atoms with E-state index in [1.165, 1.54) is 0 Å². The van der Waals surface area contributed by atoms with E-state index in [1.54, 1.807) is 16.8 Å². The molecule has 0 amide bonds. The van der Waals surface area contributed by atoms with Crippen molar-refractivity contribution in [3.63, 3.8) is 0 Å². The molecule has 0 radical (unpaired) electrons. The second kappa shape index (κ2) is 5.26. The van der Waals surface area contributed by atoms with Crippen LogP contribution in [0, 0.1) is 0 Å². The van der Waals surface area contributed by atoms with E-state index in [1.807, 2.05) is 36.4 Å². The van der Waals surface area contributed by atoms with E-state index in [4.69, 9.17) is 4.42 Å². The minimum Gasteiger partial charge on any atom is -0.420 e. The topological polar surface area (TPSA) is 60.9 Å². The molecule has 0 saturated heterocycles. The maximum atomic E-state index is 12.2. The van der Waals surface area contributed by atoms with Crippen molar-refractivity contribution >= 4 is 0 Å². The summed E-state index contributed by atoms with van der Waals surface area (Å²) >= 11 is 0. The molecule has 4 rings (SSSR count). The highest BCUT2D eigenvalue weighted by Crippen LogP contribution is 2.39. The van der Waals surface area contributed by atoms with Crippen molar-refractivity contribution in [2.75, 3.05) is 0 Å². The molecule has 5 nitrogen and oxygen atoms in total. The quantitative estimate of drug-likeness (QED) is 0.742. The monoisotopic (exact) mass is 293 g/mol. The average Bonchev–Trinajstić information content (AvgIpc) is 3.28. The highest BCUT2D eigenvalue weighted by molar-refractivity contribution is 5.51. The predicted octanol–water partition coefficient (Wildman–Crippen LogP) is 2.82. The first-order valence-electron chi connectivity index (χ1n) is 7.38. The van der Waals surface area contributed by atoms with Crippen molar-refractivity contribution in [2.24, 2.45) is 0 Å². The average molecular weight is 293 g/mol. The Hall–Kier alpha value is -2.69. The molecule has 0 atom stereocenters. The van der Waals surface area contributed by atoms with E-state index in [2.05, 4.69) is 10.2 Å². The first kappa shape index (κ1) is 13.0. The van der Waals surface area contributed by atoms with Crippen molar-refractivity contribution in [2.45, 2.75) is 25.3 Å². The molecule has 22 heavy (non-hydrogen) atoms. The van der Waals surface area contributed by atoms with Crippen LogP contribution in [0.3, 0.4) is 0 Å². The van der Waals surface area contributed by atoms with Crippen molar-refractivity contribution in [3.05, 3.63) is 70.5 Å². The van der Waals surface area contributed by atoms with Gasteiger partial charge in [0.05, 0.1) is 6.54 Å². The minimum atomic E-state index is -0.0764. The molecule has 1 aliphatic rings. The van der Waals surface area contributed by atoms with Gasteiger partial charge < -0.3 is 8.98 Å². The second-order valence-corrected chi connectivity index (χ2v) is 5.59. The standard InChI is InChI=1S/C17H15N3O2/c21-15-10-14(17-19-18-16(22-17)13-6-7-13)8-9-20(15)11-12-4-2-1-3-5-12/h1-5,8-10,13H,6-7,11H2. The van der Waals surface area contributed by atoms with E-state index in [0.717, 1.165) is 18.4 Å². The smallest absolute Gasteiger partial charge is 0.251 e. The van der Waals surface area contributed by atoms with Crippen LogP contribution in [0.4, 0.5) is 0 Å². The van der Waals surface area contributed by atoms with Crippen molar-refractivity contribution in [1.29, 1.82) is 0 Å². The third kappa shape index (κ3) is 2.57. The molecule has 0 aliphatic heterocycles. The normalized spacial score (nSPS) is 14.2. The van der Waals surface area contributed by atoms with Gasteiger partial charge in [0.15, 0.2) is 0 Å². The van der Waals surface area contributed by atoms with Gasteiger partial charge in [-0.05, 0) is 24.5 Å². The number of rotatable bonds is 4. The minimum absolute atomic E-state index is 0.0764. The summed E-state index contributed by atoms with van der Waals surface area (Å²) in [6.45, 7) is 0.553. The lowest BCUT2D eigenvalue weighted by atomic mass is 10.2. The van der Waals surface area contributed by atoms with Crippen LogP contribution in [-0.2, 0) is 6.54 Å². The van der Waals surface area contributed by atoms with Gasteiger partial charge in [-0.3, -0.25) is 4.79 Å². The molecular formula is C17H15N3O2. The van der Waals surface area contributed by atoms with Gasteiger partial charge in [0, 0.05) is 23.7 Å². The van der Waals surface area contributed by atoms with E-state index < -0.39 is 0 Å². The molecule has 1 saturated carbocycles. The highest BCUT2D eigenvalue weighted by atomic mass is 16.4. The third-order valence-corrected chi connectivity index (χ3v) is 3.81. The fraction of sp³-hybridized carbons (Fsp3) is 0.235. The summed E-state index contributed by atoms with van der Waals surface area (Å²) in [5.74, 6) is 1.52. The Morgan fingerprint density at radius 2 is 1.95 bits per heavy atom. The summed E-state index contributed by atoms with van der Waals surface area (Å²) in [5.41, 5.74) is 1.69. The zero-order valence-electron chi connectivity index (χ0n) is 12.0. The first-order chi connectivity index (χ1) is 10.8. The Labute approximate surface area is 127 Å². The van der Waals surface area contributed by atoms with Crippen LogP contribution in [0.5, 0.6) is 0 Å². The van der Waals surface area contributed by atoms with Crippen molar-refractivity contribution in [3.8, 4) is 11.5 Å². The molecular weight excluding hydrogens is 278 g/mol. The van der Waals surface area contributed by atoms with Crippen LogP contribution in [0.2, 0.25) is 0 Å². The first-order valence-corrected chi connectivity index (χ1v) is 7.38. The lowest BCUT2D eigenvalue weighted by Gasteiger charge is -2.05. The maximum absolute atomic E-state index is 12.2. The van der Waals surface area contributed by atoms with E-state index in [0.29, 0.717) is 29.8 Å². The van der Waals surface area contributed by atoms with Gasteiger partial charge in [0.25, 0.3) is 5.56 Å². The van der Waals surface area contributed by atoms with Crippen LogP contribution in [-0.4, -0.2) is 14.8 Å². The molecule has 110 valence electrons. The van der Waals surface area contributed by atoms with Crippen LogP contribution in [0.25, 0.3) is 11.5 Å². The Bertz CT molecular complexity index is 848. The molecule has 0 spiro atoms. The largest absolute Gasteiger partial charge is 0.420 e. The summed E-state index contributed by atoms with van der Waals surface area (Å²) in [6.07, 6.45) is 3.99. The third-order valence-electron chi connectivity index (χ3n) is 3.81. The molecule has 5 heteroatoms. The summed E-state index contributed by atoms with van der Waals surface area (Å²) < 4.78 is 7.30. The fourth-order valence-electron chi connectivity index (χ4n) is 2.40. The SMILES string of the molecule is O=c1cc(-c2nnc(C3CC3)o2)ccn1Cc1ccccc1. The van der Waals surface area contributed by atoms with Crippen LogP contribution >= 0.6 is 0 Å². The van der Waals surface area contributed by atoms with Crippen LogP contribution in [0.1, 0.15) is 30.2 Å². The predicted molar refractivity (Wildman–Crippen MR) is 81.5 cm³/mol. The van der Waals surface area contributed by atoms with Crippen LogP contribution in [0.15, 0.2) is 57.9 Å². The Morgan fingerprint density at radius 1 is 1.14 bits per heavy atom. The number of pyridine rings is 1.